The van der Waals surface area contributed by atoms with Crippen LogP contribution in [0, 0.1) is 0 Å². The van der Waals surface area contributed by atoms with Gasteiger partial charge in [0.25, 0.3) is 5.56 Å². The molecule has 1 aromatic heterocycles. The van der Waals surface area contributed by atoms with Gasteiger partial charge < -0.3 is 9.72 Å². The van der Waals surface area contributed by atoms with Gasteiger partial charge in [-0.2, -0.15) is 0 Å². The molecule has 2 heterocycles. The summed E-state index contributed by atoms with van der Waals surface area (Å²) in [5, 5.41) is 0. The molecular formula is C8H10N2O2. The lowest BCUT2D eigenvalue weighted by molar-refractivity contribution is 0.193. The normalized spacial score (nSPS) is 22.8. The summed E-state index contributed by atoms with van der Waals surface area (Å²) >= 11 is 0. The van der Waals surface area contributed by atoms with E-state index in [9.17, 15) is 4.79 Å². The Morgan fingerprint density at radius 2 is 2.50 bits per heavy atom. The van der Waals surface area contributed by atoms with Gasteiger partial charge in [0.15, 0.2) is 0 Å². The van der Waals surface area contributed by atoms with Crippen molar-refractivity contribution in [1.29, 1.82) is 0 Å². The topological polar surface area (TPSA) is 55.0 Å². The van der Waals surface area contributed by atoms with Crippen molar-refractivity contribution in [1.82, 2.24) is 9.97 Å². The van der Waals surface area contributed by atoms with Gasteiger partial charge in [0, 0.05) is 24.4 Å². The van der Waals surface area contributed by atoms with Crippen molar-refractivity contribution < 1.29 is 4.74 Å². The molecule has 1 aliphatic rings. The highest BCUT2D eigenvalue weighted by Gasteiger charge is 2.18. The Morgan fingerprint density at radius 1 is 1.58 bits per heavy atom. The summed E-state index contributed by atoms with van der Waals surface area (Å²) in [5.74, 6) is 0.325. The van der Waals surface area contributed by atoms with Gasteiger partial charge in [0.2, 0.25) is 0 Å². The Labute approximate surface area is 69.6 Å². The summed E-state index contributed by atoms with van der Waals surface area (Å²) in [6.07, 6.45) is 3.95. The van der Waals surface area contributed by atoms with Crippen LogP contribution in [0.5, 0.6) is 0 Å². The van der Waals surface area contributed by atoms with Crippen molar-refractivity contribution in [3.8, 4) is 0 Å². The summed E-state index contributed by atoms with van der Waals surface area (Å²) < 4.78 is 5.20. The maximum atomic E-state index is 10.9. The first-order valence-electron chi connectivity index (χ1n) is 3.98. The Balaban J connectivity index is 2.27. The smallest absolute Gasteiger partial charge is 0.266 e. The van der Waals surface area contributed by atoms with Gasteiger partial charge in [-0.15, -0.1) is 0 Å². The molecule has 1 fully saturated rings. The molecule has 1 aliphatic heterocycles. The molecule has 0 aromatic carbocycles. The standard InChI is InChI=1S/C8H10N2O2/c11-8-4-9-3-7(10-8)6-1-2-12-5-6/h3-4,6H,1-2,5H2,(H,10,11). The molecule has 0 spiro atoms. The van der Waals surface area contributed by atoms with Gasteiger partial charge in [0.1, 0.15) is 0 Å². The summed E-state index contributed by atoms with van der Waals surface area (Å²) in [6.45, 7) is 1.48. The highest BCUT2D eigenvalue weighted by atomic mass is 16.5. The molecule has 1 unspecified atom stereocenters. The van der Waals surface area contributed by atoms with Gasteiger partial charge in [-0.05, 0) is 6.42 Å². The van der Waals surface area contributed by atoms with Crippen molar-refractivity contribution in [2.45, 2.75) is 12.3 Å². The van der Waals surface area contributed by atoms with Crippen LogP contribution in [0.4, 0.5) is 0 Å². The number of nitrogens with zero attached hydrogens (tertiary/aromatic N) is 1. The van der Waals surface area contributed by atoms with Crippen LogP contribution in [-0.4, -0.2) is 23.2 Å². The van der Waals surface area contributed by atoms with Gasteiger partial charge in [-0.25, -0.2) is 0 Å². The predicted molar refractivity (Wildman–Crippen MR) is 43.0 cm³/mol. The number of H-pyrrole nitrogens is 1. The first-order chi connectivity index (χ1) is 5.86. The van der Waals surface area contributed by atoms with Crippen LogP contribution in [0.2, 0.25) is 0 Å². The Hall–Kier alpha value is -1.16. The molecule has 0 saturated carbocycles. The fraction of sp³-hybridized carbons (Fsp3) is 0.500. The summed E-state index contributed by atoms with van der Waals surface area (Å²) in [7, 11) is 0. The van der Waals surface area contributed by atoms with Crippen LogP contribution in [0.1, 0.15) is 18.0 Å². The number of aromatic nitrogens is 2. The number of nitrogens with one attached hydrogen (secondary N) is 1. The number of aromatic amines is 1. The van der Waals surface area contributed by atoms with Gasteiger partial charge in [-0.1, -0.05) is 0 Å². The highest BCUT2D eigenvalue weighted by Crippen LogP contribution is 2.21. The first kappa shape index (κ1) is 7.49. The largest absolute Gasteiger partial charge is 0.381 e. The maximum Gasteiger partial charge on any atom is 0.266 e. The fourth-order valence-electron chi connectivity index (χ4n) is 1.38. The lowest BCUT2D eigenvalue weighted by atomic mass is 10.1. The zero-order valence-electron chi connectivity index (χ0n) is 6.62. The van der Waals surface area contributed by atoms with Crippen LogP contribution in [0.15, 0.2) is 17.2 Å². The molecule has 0 bridgehead atoms. The van der Waals surface area contributed by atoms with Crippen LogP contribution >= 0.6 is 0 Å². The minimum absolute atomic E-state index is 0.139. The number of ether oxygens (including phenoxy) is 1. The predicted octanol–water partition coefficient (Wildman–Crippen LogP) is 0.274. The fourth-order valence-corrected chi connectivity index (χ4v) is 1.38. The Kier molecular flexibility index (Phi) is 1.91. The minimum atomic E-state index is -0.139. The van der Waals surface area contributed by atoms with Crippen molar-refractivity contribution in [3.05, 3.63) is 28.4 Å². The zero-order valence-corrected chi connectivity index (χ0v) is 6.62. The summed E-state index contributed by atoms with van der Waals surface area (Å²) in [6, 6.07) is 0. The van der Waals surface area contributed by atoms with E-state index in [1.54, 1.807) is 6.20 Å². The molecule has 1 aromatic rings. The molecule has 64 valence electrons. The second-order valence-corrected chi connectivity index (χ2v) is 2.91. The van der Waals surface area contributed by atoms with Crippen LogP contribution < -0.4 is 5.56 Å². The Bertz CT molecular complexity index is 315. The summed E-state index contributed by atoms with van der Waals surface area (Å²) in [5.41, 5.74) is 0.749. The molecule has 0 amide bonds. The lowest BCUT2D eigenvalue weighted by Crippen LogP contribution is -2.11. The SMILES string of the molecule is O=c1cncc(C2CCOC2)[nH]1. The third kappa shape index (κ3) is 1.38. The Morgan fingerprint density at radius 3 is 3.17 bits per heavy atom. The third-order valence-electron chi connectivity index (χ3n) is 2.04. The van der Waals surface area contributed by atoms with E-state index in [-0.39, 0.29) is 5.56 Å². The zero-order chi connectivity index (χ0) is 8.39. The number of rotatable bonds is 1. The van der Waals surface area contributed by atoms with Crippen molar-refractivity contribution in [2.24, 2.45) is 0 Å². The molecule has 1 atom stereocenters. The van der Waals surface area contributed by atoms with E-state index >= 15 is 0 Å². The van der Waals surface area contributed by atoms with E-state index in [2.05, 4.69) is 9.97 Å². The van der Waals surface area contributed by atoms with E-state index in [0.717, 1.165) is 18.7 Å². The highest BCUT2D eigenvalue weighted by molar-refractivity contribution is 5.04. The molecule has 12 heavy (non-hydrogen) atoms. The molecular weight excluding hydrogens is 156 g/mol. The van der Waals surface area contributed by atoms with Crippen molar-refractivity contribution in [2.75, 3.05) is 13.2 Å². The number of hydrogen-bond donors (Lipinski definition) is 1. The van der Waals surface area contributed by atoms with Gasteiger partial charge in [0.05, 0.1) is 12.8 Å². The van der Waals surface area contributed by atoms with Crippen molar-refractivity contribution >= 4 is 0 Å². The van der Waals surface area contributed by atoms with E-state index in [0.29, 0.717) is 12.5 Å². The molecule has 1 N–H and O–H groups in total. The molecule has 4 heteroatoms. The molecule has 2 rings (SSSR count). The van der Waals surface area contributed by atoms with Crippen LogP contribution in [0.3, 0.4) is 0 Å². The van der Waals surface area contributed by atoms with E-state index in [1.807, 2.05) is 0 Å². The van der Waals surface area contributed by atoms with Gasteiger partial charge in [-0.3, -0.25) is 9.78 Å². The monoisotopic (exact) mass is 166 g/mol. The van der Waals surface area contributed by atoms with Crippen molar-refractivity contribution in [3.63, 3.8) is 0 Å². The van der Waals surface area contributed by atoms with E-state index in [4.69, 9.17) is 4.74 Å². The molecule has 1 saturated heterocycles. The molecule has 0 radical (unpaired) electrons. The second-order valence-electron chi connectivity index (χ2n) is 2.91. The average Bonchev–Trinajstić information content (AvgIpc) is 2.56. The number of hydrogen-bond acceptors (Lipinski definition) is 3. The second kappa shape index (κ2) is 3.06. The summed E-state index contributed by atoms with van der Waals surface area (Å²) in [4.78, 5) is 17.5. The van der Waals surface area contributed by atoms with Crippen LogP contribution in [-0.2, 0) is 4.74 Å². The maximum absolute atomic E-state index is 10.9. The molecule has 4 nitrogen and oxygen atoms in total. The molecule has 0 aliphatic carbocycles. The lowest BCUT2D eigenvalue weighted by Gasteiger charge is -2.04. The van der Waals surface area contributed by atoms with E-state index in [1.165, 1.54) is 6.20 Å². The first-order valence-corrected chi connectivity index (χ1v) is 3.98. The average molecular weight is 166 g/mol. The van der Waals surface area contributed by atoms with Gasteiger partial charge >= 0.3 is 0 Å². The van der Waals surface area contributed by atoms with E-state index < -0.39 is 0 Å². The minimum Gasteiger partial charge on any atom is -0.381 e. The van der Waals surface area contributed by atoms with Crippen LogP contribution in [0.25, 0.3) is 0 Å². The third-order valence-corrected chi connectivity index (χ3v) is 2.04. The quantitative estimate of drug-likeness (QED) is 0.651.